The summed E-state index contributed by atoms with van der Waals surface area (Å²) in [5.41, 5.74) is 2.36. The molecule has 0 atom stereocenters. The van der Waals surface area contributed by atoms with Crippen molar-refractivity contribution in [1.82, 2.24) is 10.2 Å². The summed E-state index contributed by atoms with van der Waals surface area (Å²) in [6.07, 6.45) is 0. The Balaban J connectivity index is 1.72. The molecule has 3 rings (SSSR count). The number of esters is 2. The summed E-state index contributed by atoms with van der Waals surface area (Å²) >= 11 is 2.04. The van der Waals surface area contributed by atoms with Gasteiger partial charge in [0, 0.05) is 5.56 Å². The highest BCUT2D eigenvalue weighted by atomic mass is 32.2. The van der Waals surface area contributed by atoms with Crippen molar-refractivity contribution in [2.45, 2.75) is 32.9 Å². The fourth-order valence-corrected chi connectivity index (χ4v) is 4.59. The smallest absolute Gasteiger partial charge is 0.348 e. The highest BCUT2D eigenvalue weighted by Gasteiger charge is 2.27. The molecule has 0 bridgehead atoms. The molecule has 1 N–H and O–H groups in total. The number of nitrogens with one attached hydrogen (secondary N) is 1. The van der Waals surface area contributed by atoms with Crippen molar-refractivity contribution in [2.75, 3.05) is 24.3 Å². The molecule has 0 spiro atoms. The highest BCUT2D eigenvalue weighted by molar-refractivity contribution is 7.99. The van der Waals surface area contributed by atoms with Crippen LogP contribution in [-0.4, -0.2) is 47.0 Å². The molecule has 0 saturated heterocycles. The Morgan fingerprint density at radius 3 is 2.45 bits per heavy atom. The van der Waals surface area contributed by atoms with E-state index in [2.05, 4.69) is 15.5 Å². The van der Waals surface area contributed by atoms with Crippen LogP contribution in [0, 0.1) is 13.8 Å². The molecule has 0 radical (unpaired) electrons. The first-order valence-electron chi connectivity index (χ1n) is 10.1. The molecule has 2 aromatic heterocycles. The van der Waals surface area contributed by atoms with Crippen molar-refractivity contribution >= 4 is 45.9 Å². The van der Waals surface area contributed by atoms with Gasteiger partial charge in [0.15, 0.2) is 0 Å². The summed E-state index contributed by atoms with van der Waals surface area (Å²) in [6, 6.07) is 7.61. The van der Waals surface area contributed by atoms with Crippen LogP contribution in [0.5, 0.6) is 0 Å². The summed E-state index contributed by atoms with van der Waals surface area (Å²) in [5, 5.41) is 11.2. The van der Waals surface area contributed by atoms with Gasteiger partial charge in [0.1, 0.15) is 9.88 Å². The van der Waals surface area contributed by atoms with E-state index in [9.17, 15) is 14.4 Å². The van der Waals surface area contributed by atoms with Gasteiger partial charge >= 0.3 is 11.9 Å². The van der Waals surface area contributed by atoms with Crippen LogP contribution in [0.4, 0.5) is 5.00 Å². The normalized spacial score (nSPS) is 10.7. The fourth-order valence-electron chi connectivity index (χ4n) is 2.92. The van der Waals surface area contributed by atoms with E-state index in [1.54, 1.807) is 20.8 Å². The second-order valence-corrected chi connectivity index (χ2v) is 8.67. The Bertz CT molecular complexity index is 1170. The summed E-state index contributed by atoms with van der Waals surface area (Å²) < 4.78 is 15.8. The van der Waals surface area contributed by atoms with Crippen LogP contribution in [0.3, 0.4) is 0 Å². The van der Waals surface area contributed by atoms with E-state index in [-0.39, 0.29) is 39.6 Å². The number of hydrogen-bond donors (Lipinski definition) is 1. The number of anilines is 1. The molecule has 0 aliphatic carbocycles. The van der Waals surface area contributed by atoms with Crippen molar-refractivity contribution in [2.24, 2.45) is 0 Å². The molecule has 2 heterocycles. The molecule has 0 fully saturated rings. The van der Waals surface area contributed by atoms with E-state index in [0.29, 0.717) is 11.5 Å². The summed E-state index contributed by atoms with van der Waals surface area (Å²) in [7, 11) is 0. The van der Waals surface area contributed by atoms with Crippen LogP contribution in [0.25, 0.3) is 11.5 Å². The number of amides is 1. The maximum Gasteiger partial charge on any atom is 0.348 e. The van der Waals surface area contributed by atoms with Crippen molar-refractivity contribution < 1.29 is 28.3 Å². The fraction of sp³-hybridized carbons (Fsp3) is 0.318. The maximum absolute atomic E-state index is 12.6. The first kappa shape index (κ1) is 24.5. The minimum atomic E-state index is -0.621. The lowest BCUT2D eigenvalue weighted by molar-refractivity contribution is -0.113. The van der Waals surface area contributed by atoms with Gasteiger partial charge in [-0.1, -0.05) is 30.0 Å². The number of thiophene rings is 1. The molecule has 0 aliphatic rings. The average molecular weight is 490 g/mol. The number of benzene rings is 1. The maximum atomic E-state index is 12.6. The molecule has 0 aliphatic heterocycles. The minimum Gasteiger partial charge on any atom is -0.462 e. The van der Waals surface area contributed by atoms with Gasteiger partial charge in [0.05, 0.1) is 24.5 Å². The molecule has 1 aromatic carbocycles. The average Bonchev–Trinajstić information content (AvgIpc) is 3.37. The summed E-state index contributed by atoms with van der Waals surface area (Å²) in [5.74, 6) is -1.26. The van der Waals surface area contributed by atoms with E-state index < -0.39 is 17.8 Å². The third-order valence-electron chi connectivity index (χ3n) is 4.45. The Morgan fingerprint density at radius 1 is 1.06 bits per heavy atom. The molecule has 11 heteroatoms. The van der Waals surface area contributed by atoms with Crippen molar-refractivity contribution in [3.63, 3.8) is 0 Å². The Morgan fingerprint density at radius 2 is 1.76 bits per heavy atom. The molecule has 33 heavy (non-hydrogen) atoms. The van der Waals surface area contributed by atoms with Gasteiger partial charge in [0.2, 0.25) is 11.8 Å². The number of aryl methyl sites for hydroxylation is 1. The zero-order chi connectivity index (χ0) is 24.0. The van der Waals surface area contributed by atoms with E-state index in [0.717, 1.165) is 34.2 Å². The quantitative estimate of drug-likeness (QED) is 0.342. The largest absolute Gasteiger partial charge is 0.462 e. The van der Waals surface area contributed by atoms with Gasteiger partial charge < -0.3 is 19.2 Å². The van der Waals surface area contributed by atoms with Crippen molar-refractivity contribution in [3.05, 3.63) is 45.8 Å². The summed E-state index contributed by atoms with van der Waals surface area (Å²) in [4.78, 5) is 37.5. The number of aromatic nitrogens is 2. The molecule has 1 amide bonds. The first-order chi connectivity index (χ1) is 15.8. The number of hydrogen-bond acceptors (Lipinski definition) is 10. The molecule has 0 saturated carbocycles. The predicted octanol–water partition coefficient (Wildman–Crippen LogP) is 4.50. The van der Waals surface area contributed by atoms with Gasteiger partial charge in [-0.05, 0) is 44.9 Å². The Kier molecular flexibility index (Phi) is 8.23. The lowest BCUT2D eigenvalue weighted by atomic mass is 10.1. The number of nitrogens with zero attached hydrogens (tertiary/aromatic N) is 2. The number of carbonyl (C=O) groups is 3. The van der Waals surface area contributed by atoms with Gasteiger partial charge in [-0.15, -0.1) is 21.5 Å². The number of rotatable bonds is 9. The summed E-state index contributed by atoms with van der Waals surface area (Å²) in [6.45, 7) is 7.27. The second-order valence-electron chi connectivity index (χ2n) is 6.73. The van der Waals surface area contributed by atoms with E-state index in [1.165, 1.54) is 0 Å². The van der Waals surface area contributed by atoms with Crippen LogP contribution < -0.4 is 5.32 Å². The standard InChI is InChI=1S/C22H23N3O6S2/c1-5-29-20(27)16-13(4)17(21(28)30-6-2)33-19(16)23-15(26)11-32-22-25-24-18(31-22)14-10-8-7-9-12(14)3/h7-10H,5-6,11H2,1-4H3,(H,23,26). The van der Waals surface area contributed by atoms with E-state index in [4.69, 9.17) is 13.9 Å². The second kappa shape index (κ2) is 11.1. The van der Waals surface area contributed by atoms with Crippen LogP contribution in [0.15, 0.2) is 33.9 Å². The Labute approximate surface area is 198 Å². The highest BCUT2D eigenvalue weighted by Crippen LogP contribution is 2.34. The molecule has 0 unspecified atom stereocenters. The third kappa shape index (κ3) is 5.79. The number of ether oxygens (including phenoxy) is 2. The van der Waals surface area contributed by atoms with E-state index in [1.807, 2.05) is 31.2 Å². The van der Waals surface area contributed by atoms with Gasteiger partial charge in [-0.3, -0.25) is 4.79 Å². The van der Waals surface area contributed by atoms with Crippen LogP contribution in [0.2, 0.25) is 0 Å². The van der Waals surface area contributed by atoms with Gasteiger partial charge in [-0.2, -0.15) is 0 Å². The zero-order valence-corrected chi connectivity index (χ0v) is 20.2. The number of thioether (sulfide) groups is 1. The van der Waals surface area contributed by atoms with Crippen molar-refractivity contribution in [1.29, 1.82) is 0 Å². The Hall–Kier alpha value is -3.18. The molecular weight excluding hydrogens is 466 g/mol. The monoisotopic (exact) mass is 489 g/mol. The minimum absolute atomic E-state index is 0.0383. The topological polar surface area (TPSA) is 121 Å². The van der Waals surface area contributed by atoms with Crippen LogP contribution >= 0.6 is 23.1 Å². The zero-order valence-electron chi connectivity index (χ0n) is 18.6. The van der Waals surface area contributed by atoms with Crippen molar-refractivity contribution in [3.8, 4) is 11.5 Å². The molecule has 9 nitrogen and oxygen atoms in total. The van der Waals surface area contributed by atoms with Gasteiger partial charge in [0.25, 0.3) is 5.22 Å². The molecule has 174 valence electrons. The van der Waals surface area contributed by atoms with Crippen LogP contribution in [0.1, 0.15) is 45.0 Å². The number of carbonyl (C=O) groups excluding carboxylic acids is 3. The van der Waals surface area contributed by atoms with Crippen LogP contribution in [-0.2, 0) is 14.3 Å². The lowest BCUT2D eigenvalue weighted by Gasteiger charge is -2.06. The van der Waals surface area contributed by atoms with E-state index >= 15 is 0 Å². The predicted molar refractivity (Wildman–Crippen MR) is 125 cm³/mol. The lowest BCUT2D eigenvalue weighted by Crippen LogP contribution is -2.16. The van der Waals surface area contributed by atoms with Gasteiger partial charge in [-0.25, -0.2) is 9.59 Å². The SMILES string of the molecule is CCOC(=O)c1sc(NC(=O)CSc2nnc(-c3ccccc3C)o2)c(C(=O)OCC)c1C. The molecule has 3 aromatic rings. The first-order valence-corrected chi connectivity index (χ1v) is 12.0. The molecular formula is C22H23N3O6S2. The third-order valence-corrected chi connectivity index (χ3v) is 6.45.